The van der Waals surface area contributed by atoms with Crippen molar-refractivity contribution in [3.8, 4) is 17.1 Å². The zero-order chi connectivity index (χ0) is 17.0. The summed E-state index contributed by atoms with van der Waals surface area (Å²) in [6.07, 6.45) is -0.124. The highest BCUT2D eigenvalue weighted by Crippen LogP contribution is 2.31. The van der Waals surface area contributed by atoms with Crippen LogP contribution in [0.25, 0.3) is 11.4 Å². The van der Waals surface area contributed by atoms with Crippen LogP contribution < -0.4 is 4.74 Å². The molecule has 0 radical (unpaired) electrons. The van der Waals surface area contributed by atoms with Crippen LogP contribution in [0.5, 0.6) is 5.75 Å². The van der Waals surface area contributed by atoms with Crippen molar-refractivity contribution >= 4 is 6.16 Å². The fourth-order valence-corrected chi connectivity index (χ4v) is 2.30. The number of aromatic nitrogens is 2. The van der Waals surface area contributed by atoms with Crippen molar-refractivity contribution in [1.82, 2.24) is 9.97 Å². The second kappa shape index (κ2) is 7.22. The van der Waals surface area contributed by atoms with Crippen LogP contribution in [-0.4, -0.2) is 23.2 Å². The fourth-order valence-electron chi connectivity index (χ4n) is 2.30. The number of carbonyl (C=O) groups is 1. The number of methoxy groups -OCH3 is 1. The molecule has 0 atom stereocenters. The Labute approximate surface area is 136 Å². The highest BCUT2D eigenvalue weighted by molar-refractivity contribution is 5.66. The Morgan fingerprint density at radius 1 is 1.26 bits per heavy atom. The number of aryl methyl sites for hydroxylation is 2. The molecular formula is C18H22N2O3. The maximum atomic E-state index is 11.5. The van der Waals surface area contributed by atoms with E-state index in [4.69, 9.17) is 4.74 Å². The standard InChI is InChI=1S/C18H22N2O3/c1-6-14-16(23-18(21)22-5)15(11(2)3)20-17(19-14)13-9-7-8-12(4)10-13/h7-11H,6H2,1-5H3. The SMILES string of the molecule is CCc1nc(-c2cccc(C)c2)nc(C(C)C)c1OC(=O)OC. The summed E-state index contributed by atoms with van der Waals surface area (Å²) in [5, 5.41) is 0. The lowest BCUT2D eigenvalue weighted by Crippen LogP contribution is -2.14. The molecule has 0 amide bonds. The summed E-state index contributed by atoms with van der Waals surface area (Å²) in [7, 11) is 1.28. The van der Waals surface area contributed by atoms with Crippen LogP contribution >= 0.6 is 0 Å². The van der Waals surface area contributed by atoms with Gasteiger partial charge in [0.1, 0.15) is 0 Å². The molecule has 2 rings (SSSR count). The van der Waals surface area contributed by atoms with Crippen molar-refractivity contribution in [2.24, 2.45) is 0 Å². The van der Waals surface area contributed by atoms with E-state index in [1.807, 2.05) is 52.0 Å². The molecule has 0 N–H and O–H groups in total. The zero-order valence-corrected chi connectivity index (χ0v) is 14.2. The van der Waals surface area contributed by atoms with E-state index >= 15 is 0 Å². The van der Waals surface area contributed by atoms with Crippen LogP contribution in [0.3, 0.4) is 0 Å². The van der Waals surface area contributed by atoms with E-state index in [2.05, 4.69) is 14.7 Å². The summed E-state index contributed by atoms with van der Waals surface area (Å²) in [5.74, 6) is 1.14. The van der Waals surface area contributed by atoms with Crippen molar-refractivity contribution in [2.75, 3.05) is 7.11 Å². The Hall–Kier alpha value is -2.43. The number of hydrogen-bond acceptors (Lipinski definition) is 5. The number of ether oxygens (including phenoxy) is 2. The van der Waals surface area contributed by atoms with Gasteiger partial charge in [0.25, 0.3) is 0 Å². The maximum absolute atomic E-state index is 11.5. The Balaban J connectivity index is 2.60. The van der Waals surface area contributed by atoms with Gasteiger partial charge in [0.05, 0.1) is 18.5 Å². The molecule has 0 aliphatic heterocycles. The monoisotopic (exact) mass is 314 g/mol. The first-order valence-corrected chi connectivity index (χ1v) is 7.69. The minimum Gasteiger partial charge on any atom is -0.437 e. The summed E-state index contributed by atoms with van der Waals surface area (Å²) in [6, 6.07) is 8.03. The first kappa shape index (κ1) is 16.9. The maximum Gasteiger partial charge on any atom is 0.513 e. The Morgan fingerprint density at radius 3 is 2.57 bits per heavy atom. The van der Waals surface area contributed by atoms with Crippen molar-refractivity contribution < 1.29 is 14.3 Å². The number of benzene rings is 1. The average molecular weight is 314 g/mol. The van der Waals surface area contributed by atoms with Gasteiger partial charge < -0.3 is 9.47 Å². The molecule has 5 heteroatoms. The van der Waals surface area contributed by atoms with Crippen molar-refractivity contribution in [2.45, 2.75) is 40.0 Å². The summed E-state index contributed by atoms with van der Waals surface area (Å²) in [6.45, 7) is 8.01. The second-order valence-electron chi connectivity index (χ2n) is 5.64. The molecule has 23 heavy (non-hydrogen) atoms. The molecule has 1 aromatic carbocycles. The number of hydrogen-bond donors (Lipinski definition) is 0. The molecule has 2 aromatic rings. The topological polar surface area (TPSA) is 61.3 Å². The van der Waals surface area contributed by atoms with E-state index in [1.54, 1.807) is 0 Å². The summed E-state index contributed by atoms with van der Waals surface area (Å²) >= 11 is 0. The molecule has 1 heterocycles. The zero-order valence-electron chi connectivity index (χ0n) is 14.2. The van der Waals surface area contributed by atoms with E-state index in [0.29, 0.717) is 29.4 Å². The molecule has 0 aliphatic carbocycles. The third-order valence-electron chi connectivity index (χ3n) is 3.47. The van der Waals surface area contributed by atoms with E-state index in [1.165, 1.54) is 7.11 Å². The molecule has 122 valence electrons. The molecule has 0 bridgehead atoms. The predicted octanol–water partition coefficient (Wildman–Crippen LogP) is 4.28. The molecule has 0 unspecified atom stereocenters. The van der Waals surface area contributed by atoms with Crippen LogP contribution in [0.15, 0.2) is 24.3 Å². The first-order valence-electron chi connectivity index (χ1n) is 7.69. The lowest BCUT2D eigenvalue weighted by atomic mass is 10.1. The van der Waals surface area contributed by atoms with Crippen LogP contribution in [0, 0.1) is 6.92 Å². The van der Waals surface area contributed by atoms with Crippen LogP contribution in [-0.2, 0) is 11.2 Å². The van der Waals surface area contributed by atoms with E-state index < -0.39 is 6.16 Å². The Kier molecular flexibility index (Phi) is 5.32. The number of carbonyl (C=O) groups excluding carboxylic acids is 1. The van der Waals surface area contributed by atoms with Gasteiger partial charge in [-0.05, 0) is 25.3 Å². The molecule has 0 saturated heterocycles. The normalized spacial score (nSPS) is 10.7. The van der Waals surface area contributed by atoms with Crippen molar-refractivity contribution in [3.63, 3.8) is 0 Å². The molecule has 0 aliphatic rings. The van der Waals surface area contributed by atoms with E-state index in [0.717, 1.165) is 11.1 Å². The molecular weight excluding hydrogens is 292 g/mol. The smallest absolute Gasteiger partial charge is 0.437 e. The highest BCUT2D eigenvalue weighted by atomic mass is 16.7. The van der Waals surface area contributed by atoms with Gasteiger partial charge in [0.15, 0.2) is 11.6 Å². The lowest BCUT2D eigenvalue weighted by Gasteiger charge is -2.16. The van der Waals surface area contributed by atoms with Crippen LogP contribution in [0.4, 0.5) is 4.79 Å². The van der Waals surface area contributed by atoms with Gasteiger partial charge in [-0.3, -0.25) is 0 Å². The van der Waals surface area contributed by atoms with Gasteiger partial charge >= 0.3 is 6.16 Å². The van der Waals surface area contributed by atoms with Gasteiger partial charge in [0, 0.05) is 5.56 Å². The molecule has 0 spiro atoms. The summed E-state index contributed by atoms with van der Waals surface area (Å²) in [4.78, 5) is 20.7. The number of nitrogens with zero attached hydrogens (tertiary/aromatic N) is 2. The molecule has 0 fully saturated rings. The van der Waals surface area contributed by atoms with Crippen LogP contribution in [0.2, 0.25) is 0 Å². The van der Waals surface area contributed by atoms with Gasteiger partial charge in [-0.15, -0.1) is 0 Å². The molecule has 5 nitrogen and oxygen atoms in total. The largest absolute Gasteiger partial charge is 0.513 e. The van der Waals surface area contributed by atoms with Crippen LogP contribution in [0.1, 0.15) is 43.6 Å². The van der Waals surface area contributed by atoms with E-state index in [9.17, 15) is 4.79 Å². The van der Waals surface area contributed by atoms with Gasteiger partial charge in [0.2, 0.25) is 0 Å². The minimum atomic E-state index is -0.756. The van der Waals surface area contributed by atoms with Gasteiger partial charge in [-0.25, -0.2) is 14.8 Å². The van der Waals surface area contributed by atoms with Crippen molar-refractivity contribution in [3.05, 3.63) is 41.2 Å². The summed E-state index contributed by atoms with van der Waals surface area (Å²) in [5.41, 5.74) is 3.50. The quantitative estimate of drug-likeness (QED) is 0.788. The highest BCUT2D eigenvalue weighted by Gasteiger charge is 2.21. The molecule has 0 saturated carbocycles. The Morgan fingerprint density at radius 2 is 2.00 bits per heavy atom. The van der Waals surface area contributed by atoms with Gasteiger partial charge in [-0.2, -0.15) is 0 Å². The first-order chi connectivity index (χ1) is 11.0. The van der Waals surface area contributed by atoms with Crippen molar-refractivity contribution in [1.29, 1.82) is 0 Å². The van der Waals surface area contributed by atoms with E-state index in [-0.39, 0.29) is 5.92 Å². The third-order valence-corrected chi connectivity index (χ3v) is 3.47. The second-order valence-corrected chi connectivity index (χ2v) is 5.64. The minimum absolute atomic E-state index is 0.0894. The average Bonchev–Trinajstić information content (AvgIpc) is 2.54. The lowest BCUT2D eigenvalue weighted by molar-refractivity contribution is 0.120. The third kappa shape index (κ3) is 3.86. The van der Waals surface area contributed by atoms with Gasteiger partial charge in [-0.1, -0.05) is 44.5 Å². The predicted molar refractivity (Wildman–Crippen MR) is 88.7 cm³/mol. The Bertz CT molecular complexity index is 711. The number of rotatable bonds is 4. The molecule has 1 aromatic heterocycles. The summed E-state index contributed by atoms with van der Waals surface area (Å²) < 4.78 is 9.91. The fraction of sp³-hybridized carbons (Fsp3) is 0.389.